The van der Waals surface area contributed by atoms with Crippen molar-refractivity contribution in [1.82, 2.24) is 0 Å². The molecule has 0 amide bonds. The molecule has 0 saturated heterocycles. The highest BCUT2D eigenvalue weighted by atomic mass is 16.5. The Kier molecular flexibility index (Phi) is 9.78. The van der Waals surface area contributed by atoms with E-state index >= 15 is 0 Å². The number of hydrogen-bond donors (Lipinski definition) is 0. The molecule has 1 fully saturated rings. The lowest BCUT2D eigenvalue weighted by atomic mass is 9.60. The molecule has 27 heavy (non-hydrogen) atoms. The summed E-state index contributed by atoms with van der Waals surface area (Å²) in [5.74, 6) is 3.13. The lowest BCUT2D eigenvalue weighted by molar-refractivity contribution is -0.168. The number of methoxy groups -OCH3 is 2. The van der Waals surface area contributed by atoms with Gasteiger partial charge in [-0.1, -0.05) is 61.8 Å². The zero-order valence-electron chi connectivity index (χ0n) is 19.9. The quantitative estimate of drug-likeness (QED) is 0.433. The van der Waals surface area contributed by atoms with E-state index in [2.05, 4.69) is 55.4 Å². The van der Waals surface area contributed by atoms with Gasteiger partial charge in [0.1, 0.15) is 0 Å². The Morgan fingerprint density at radius 1 is 0.778 bits per heavy atom. The highest BCUT2D eigenvalue weighted by molar-refractivity contribution is 4.96. The van der Waals surface area contributed by atoms with Crippen LogP contribution in [0.5, 0.6) is 0 Å². The molecule has 1 rings (SSSR count). The van der Waals surface area contributed by atoms with E-state index in [1.807, 2.05) is 0 Å². The predicted molar refractivity (Wildman–Crippen MR) is 115 cm³/mol. The first-order valence-corrected chi connectivity index (χ1v) is 11.1. The Balaban J connectivity index is 3.14. The zero-order valence-corrected chi connectivity index (χ0v) is 19.9. The maximum Gasteiger partial charge on any atom is 0.0636 e. The van der Waals surface area contributed by atoms with Gasteiger partial charge >= 0.3 is 0 Å². The van der Waals surface area contributed by atoms with Gasteiger partial charge in [0.15, 0.2) is 0 Å². The summed E-state index contributed by atoms with van der Waals surface area (Å²) in [4.78, 5) is 0. The zero-order chi connectivity index (χ0) is 20.8. The van der Waals surface area contributed by atoms with E-state index in [9.17, 15) is 0 Å². The third-order valence-corrected chi connectivity index (χ3v) is 7.84. The van der Waals surface area contributed by atoms with Crippen LogP contribution in [0.3, 0.4) is 0 Å². The predicted octanol–water partition coefficient (Wildman–Crippen LogP) is 6.06. The lowest BCUT2D eigenvalue weighted by Crippen LogP contribution is -2.53. The van der Waals surface area contributed by atoms with Crippen LogP contribution in [0.15, 0.2) is 0 Å². The molecule has 0 aromatic carbocycles. The summed E-state index contributed by atoms with van der Waals surface area (Å²) in [5, 5.41) is 0. The molecule has 0 aromatic heterocycles. The minimum atomic E-state index is -0.148. The van der Waals surface area contributed by atoms with Crippen LogP contribution in [0.4, 0.5) is 0 Å². The van der Waals surface area contributed by atoms with E-state index < -0.39 is 0 Å². The van der Waals surface area contributed by atoms with Crippen molar-refractivity contribution < 1.29 is 14.2 Å². The van der Waals surface area contributed by atoms with E-state index in [0.29, 0.717) is 55.5 Å². The second-order valence-electron chi connectivity index (χ2n) is 10.5. The molecular formula is C24H48O3. The SMILES string of the molecule is COCC(COC)(COC1C(C(C)C)CCCC1C(C)C)C(C)(C)C(C)C. The highest BCUT2D eigenvalue weighted by Gasteiger charge is 2.49. The van der Waals surface area contributed by atoms with Crippen molar-refractivity contribution in [3.8, 4) is 0 Å². The maximum atomic E-state index is 6.88. The Bertz CT molecular complexity index is 392. The average molecular weight is 385 g/mol. The van der Waals surface area contributed by atoms with Gasteiger partial charge in [0.05, 0.1) is 25.9 Å². The molecule has 1 aliphatic carbocycles. The summed E-state index contributed by atoms with van der Waals surface area (Å²) in [6, 6.07) is 0. The van der Waals surface area contributed by atoms with Crippen molar-refractivity contribution in [2.45, 2.75) is 80.8 Å². The largest absolute Gasteiger partial charge is 0.384 e. The maximum absolute atomic E-state index is 6.88. The van der Waals surface area contributed by atoms with Crippen LogP contribution in [0.25, 0.3) is 0 Å². The van der Waals surface area contributed by atoms with Crippen molar-refractivity contribution in [3.05, 3.63) is 0 Å². The molecule has 1 saturated carbocycles. The summed E-state index contributed by atoms with van der Waals surface area (Å²) < 4.78 is 18.3. The average Bonchev–Trinajstić information content (AvgIpc) is 2.59. The molecule has 3 heteroatoms. The molecule has 0 N–H and O–H groups in total. The molecule has 2 unspecified atom stereocenters. The second kappa shape index (κ2) is 10.6. The summed E-state index contributed by atoms with van der Waals surface area (Å²) in [6.45, 7) is 20.8. The third-order valence-electron chi connectivity index (χ3n) is 7.84. The normalized spacial score (nSPS) is 25.0. The summed E-state index contributed by atoms with van der Waals surface area (Å²) >= 11 is 0. The minimum absolute atomic E-state index is 0.0499. The van der Waals surface area contributed by atoms with Crippen molar-refractivity contribution in [3.63, 3.8) is 0 Å². The van der Waals surface area contributed by atoms with Crippen LogP contribution in [0.2, 0.25) is 0 Å². The van der Waals surface area contributed by atoms with Crippen molar-refractivity contribution in [1.29, 1.82) is 0 Å². The van der Waals surface area contributed by atoms with E-state index in [1.165, 1.54) is 19.3 Å². The van der Waals surface area contributed by atoms with Gasteiger partial charge in [-0.15, -0.1) is 0 Å². The topological polar surface area (TPSA) is 27.7 Å². The van der Waals surface area contributed by atoms with E-state index in [1.54, 1.807) is 14.2 Å². The molecule has 2 atom stereocenters. The smallest absolute Gasteiger partial charge is 0.0636 e. The van der Waals surface area contributed by atoms with Gasteiger partial charge in [0, 0.05) is 19.6 Å². The molecule has 0 heterocycles. The van der Waals surface area contributed by atoms with Gasteiger partial charge in [-0.05, 0) is 47.8 Å². The molecule has 0 aromatic rings. The summed E-state index contributed by atoms with van der Waals surface area (Å²) in [5.41, 5.74) is -0.0977. The number of rotatable bonds is 11. The van der Waals surface area contributed by atoms with Crippen LogP contribution < -0.4 is 0 Å². The molecule has 0 radical (unpaired) electrons. The number of ether oxygens (including phenoxy) is 3. The second-order valence-corrected chi connectivity index (χ2v) is 10.5. The fraction of sp³-hybridized carbons (Fsp3) is 1.00. The van der Waals surface area contributed by atoms with Crippen molar-refractivity contribution >= 4 is 0 Å². The molecule has 162 valence electrons. The fourth-order valence-electron chi connectivity index (χ4n) is 5.01. The number of hydrogen-bond acceptors (Lipinski definition) is 3. The van der Waals surface area contributed by atoms with Crippen molar-refractivity contribution in [2.75, 3.05) is 34.0 Å². The monoisotopic (exact) mass is 384 g/mol. The van der Waals surface area contributed by atoms with Crippen LogP contribution in [0, 0.1) is 40.4 Å². The first-order valence-electron chi connectivity index (χ1n) is 11.1. The van der Waals surface area contributed by atoms with E-state index in [4.69, 9.17) is 14.2 Å². The van der Waals surface area contributed by atoms with Gasteiger partial charge in [0.2, 0.25) is 0 Å². The highest BCUT2D eigenvalue weighted by Crippen LogP contribution is 2.47. The fourth-order valence-corrected chi connectivity index (χ4v) is 5.01. The van der Waals surface area contributed by atoms with Gasteiger partial charge in [-0.2, -0.15) is 0 Å². The third kappa shape index (κ3) is 5.70. The van der Waals surface area contributed by atoms with Gasteiger partial charge in [0.25, 0.3) is 0 Å². The van der Waals surface area contributed by atoms with Crippen molar-refractivity contribution in [2.24, 2.45) is 40.4 Å². The molecular weight excluding hydrogens is 336 g/mol. The van der Waals surface area contributed by atoms with Crippen LogP contribution >= 0.6 is 0 Å². The summed E-state index contributed by atoms with van der Waals surface area (Å²) in [6.07, 6.45) is 4.26. The first-order chi connectivity index (χ1) is 12.5. The first kappa shape index (κ1) is 24.9. The Morgan fingerprint density at radius 3 is 1.56 bits per heavy atom. The standard InChI is InChI=1S/C24H48O3/c1-17(2)20-12-11-13-21(18(3)4)22(20)27-16-24(14-25-9,15-26-10)23(7,8)19(5)6/h17-22H,11-16H2,1-10H3. The molecule has 1 aliphatic rings. The summed E-state index contributed by atoms with van der Waals surface area (Å²) in [7, 11) is 3.60. The van der Waals surface area contributed by atoms with Crippen LogP contribution in [0.1, 0.15) is 74.7 Å². The Labute approximate surface area is 169 Å². The molecule has 0 spiro atoms. The van der Waals surface area contributed by atoms with Crippen LogP contribution in [-0.2, 0) is 14.2 Å². The van der Waals surface area contributed by atoms with Gasteiger partial charge in [-0.3, -0.25) is 0 Å². The van der Waals surface area contributed by atoms with Gasteiger partial charge in [-0.25, -0.2) is 0 Å². The Hall–Kier alpha value is -0.120. The van der Waals surface area contributed by atoms with Crippen LogP contribution in [-0.4, -0.2) is 40.1 Å². The molecule has 3 nitrogen and oxygen atoms in total. The van der Waals surface area contributed by atoms with E-state index in [-0.39, 0.29) is 10.8 Å². The van der Waals surface area contributed by atoms with Gasteiger partial charge < -0.3 is 14.2 Å². The van der Waals surface area contributed by atoms with E-state index in [0.717, 1.165) is 0 Å². The Morgan fingerprint density at radius 2 is 1.22 bits per heavy atom. The molecule has 0 bridgehead atoms. The molecule has 0 aliphatic heterocycles. The lowest BCUT2D eigenvalue weighted by Gasteiger charge is -2.50. The minimum Gasteiger partial charge on any atom is -0.384 e.